The Morgan fingerprint density at radius 3 is 2.51 bits per heavy atom. The Labute approximate surface area is 214 Å². The molecule has 0 spiro atoms. The number of aryl methyl sites for hydroxylation is 1. The average molecular weight is 536 g/mol. The Hall–Kier alpha value is -2.65. The van der Waals surface area contributed by atoms with Crippen LogP contribution in [0.1, 0.15) is 22.8 Å². The molecule has 1 unspecified atom stereocenters. The van der Waals surface area contributed by atoms with Crippen LogP contribution in [-0.2, 0) is 10.0 Å². The van der Waals surface area contributed by atoms with Crippen molar-refractivity contribution in [2.24, 2.45) is 0 Å². The number of carbonyl (C=O) groups is 1. The molecular formula is C25H24Cl2FN3O3S. The maximum absolute atomic E-state index is 14.5. The molecule has 184 valence electrons. The number of anilines is 2. The first-order chi connectivity index (χ1) is 16.6. The van der Waals surface area contributed by atoms with Gasteiger partial charge in [-0.15, -0.1) is 0 Å². The van der Waals surface area contributed by atoms with Gasteiger partial charge in [-0.25, -0.2) is 12.8 Å². The van der Waals surface area contributed by atoms with Gasteiger partial charge in [0.05, 0.1) is 26.2 Å². The van der Waals surface area contributed by atoms with E-state index in [1.807, 2.05) is 32.0 Å². The lowest BCUT2D eigenvalue weighted by atomic mass is 10.1. The van der Waals surface area contributed by atoms with Crippen molar-refractivity contribution >= 4 is 50.5 Å². The first-order valence-corrected chi connectivity index (χ1v) is 13.2. The summed E-state index contributed by atoms with van der Waals surface area (Å²) in [6, 6.07) is 15.8. The molecule has 10 heteroatoms. The molecule has 1 aliphatic heterocycles. The number of piperazine rings is 1. The summed E-state index contributed by atoms with van der Waals surface area (Å²) in [6.45, 7) is 5.00. The Morgan fingerprint density at radius 2 is 1.80 bits per heavy atom. The fourth-order valence-electron chi connectivity index (χ4n) is 4.11. The molecule has 1 fully saturated rings. The number of amides is 1. The highest BCUT2D eigenvalue weighted by molar-refractivity contribution is 7.89. The van der Waals surface area contributed by atoms with Gasteiger partial charge in [0.25, 0.3) is 5.91 Å². The SMILES string of the molecule is Cc1cccc(N2CCN(S(=O)(=O)c3ccc(F)c(C(=O)Nc4cccc(Cl)c4Cl)c3)CC2C)c1. The molecule has 1 heterocycles. The van der Waals surface area contributed by atoms with Crippen LogP contribution in [0.3, 0.4) is 0 Å². The smallest absolute Gasteiger partial charge is 0.258 e. The summed E-state index contributed by atoms with van der Waals surface area (Å²) < 4.78 is 42.7. The van der Waals surface area contributed by atoms with Crippen LogP contribution in [0.5, 0.6) is 0 Å². The van der Waals surface area contributed by atoms with Crippen LogP contribution in [0.25, 0.3) is 0 Å². The molecular weight excluding hydrogens is 512 g/mol. The van der Waals surface area contributed by atoms with Gasteiger partial charge >= 0.3 is 0 Å². The zero-order chi connectivity index (χ0) is 25.3. The molecule has 1 aliphatic rings. The van der Waals surface area contributed by atoms with Gasteiger partial charge in [-0.1, -0.05) is 41.4 Å². The number of benzene rings is 3. The summed E-state index contributed by atoms with van der Waals surface area (Å²) in [5.74, 6) is -1.68. The highest BCUT2D eigenvalue weighted by Gasteiger charge is 2.33. The van der Waals surface area contributed by atoms with Crippen LogP contribution in [0.15, 0.2) is 65.6 Å². The first kappa shape index (κ1) is 25.4. The maximum atomic E-state index is 14.5. The van der Waals surface area contributed by atoms with E-state index in [9.17, 15) is 17.6 Å². The zero-order valence-corrected chi connectivity index (χ0v) is 21.5. The summed E-state index contributed by atoms with van der Waals surface area (Å²) in [5, 5.41) is 2.82. The number of nitrogens with zero attached hydrogens (tertiary/aromatic N) is 2. The summed E-state index contributed by atoms with van der Waals surface area (Å²) in [5.41, 5.74) is 1.95. The summed E-state index contributed by atoms with van der Waals surface area (Å²) in [7, 11) is -3.96. The molecule has 3 aromatic carbocycles. The van der Waals surface area contributed by atoms with Gasteiger partial charge in [-0.05, 0) is 61.9 Å². The lowest BCUT2D eigenvalue weighted by molar-refractivity contribution is 0.102. The van der Waals surface area contributed by atoms with Crippen LogP contribution in [0.4, 0.5) is 15.8 Å². The second-order valence-electron chi connectivity index (χ2n) is 8.44. The molecule has 1 saturated heterocycles. The fourth-order valence-corrected chi connectivity index (χ4v) is 6.00. The van der Waals surface area contributed by atoms with E-state index in [0.717, 1.165) is 23.4 Å². The second kappa shape index (κ2) is 10.1. The minimum Gasteiger partial charge on any atom is -0.366 e. The van der Waals surface area contributed by atoms with Gasteiger partial charge in [-0.2, -0.15) is 4.31 Å². The number of hydrogen-bond donors (Lipinski definition) is 1. The number of nitrogens with one attached hydrogen (secondary N) is 1. The van der Waals surface area contributed by atoms with Gasteiger partial charge < -0.3 is 10.2 Å². The minimum atomic E-state index is -3.96. The first-order valence-electron chi connectivity index (χ1n) is 11.0. The van der Waals surface area contributed by atoms with E-state index >= 15 is 0 Å². The number of rotatable bonds is 5. The van der Waals surface area contributed by atoms with E-state index in [1.54, 1.807) is 12.1 Å². The molecule has 1 amide bonds. The number of halogens is 3. The van der Waals surface area contributed by atoms with Crippen LogP contribution in [0.2, 0.25) is 10.0 Å². The third-order valence-electron chi connectivity index (χ3n) is 5.94. The fraction of sp³-hybridized carbons (Fsp3) is 0.240. The van der Waals surface area contributed by atoms with E-state index in [2.05, 4.69) is 16.3 Å². The number of sulfonamides is 1. The van der Waals surface area contributed by atoms with Gasteiger partial charge in [0.15, 0.2) is 0 Å². The number of carbonyl (C=O) groups excluding carboxylic acids is 1. The van der Waals surface area contributed by atoms with Crippen molar-refractivity contribution in [2.45, 2.75) is 24.8 Å². The largest absolute Gasteiger partial charge is 0.366 e. The van der Waals surface area contributed by atoms with Crippen LogP contribution >= 0.6 is 23.2 Å². The summed E-state index contributed by atoms with van der Waals surface area (Å²) >= 11 is 12.1. The van der Waals surface area contributed by atoms with Crippen molar-refractivity contribution in [3.8, 4) is 0 Å². The Bertz CT molecular complexity index is 1380. The standard InChI is InChI=1S/C25H24Cl2FN3O3S/c1-16-5-3-6-18(13-16)31-12-11-30(15-17(31)2)35(33,34)19-9-10-22(28)20(14-19)25(32)29-23-8-4-7-21(26)24(23)27/h3-10,13-14,17H,11-12,15H2,1-2H3,(H,29,32). The van der Waals surface area contributed by atoms with Gasteiger partial charge in [0.2, 0.25) is 10.0 Å². The van der Waals surface area contributed by atoms with E-state index in [4.69, 9.17) is 23.2 Å². The van der Waals surface area contributed by atoms with Gasteiger partial charge in [0.1, 0.15) is 5.82 Å². The van der Waals surface area contributed by atoms with Crippen molar-refractivity contribution in [1.29, 1.82) is 0 Å². The monoisotopic (exact) mass is 535 g/mol. The Morgan fingerprint density at radius 1 is 1.06 bits per heavy atom. The Kier molecular flexibility index (Phi) is 7.38. The molecule has 4 rings (SSSR count). The molecule has 0 saturated carbocycles. The normalized spacial score (nSPS) is 16.8. The molecule has 0 bridgehead atoms. The van der Waals surface area contributed by atoms with Crippen molar-refractivity contribution in [1.82, 2.24) is 4.31 Å². The average Bonchev–Trinajstić information content (AvgIpc) is 2.82. The van der Waals surface area contributed by atoms with E-state index in [-0.39, 0.29) is 39.8 Å². The van der Waals surface area contributed by atoms with Crippen LogP contribution < -0.4 is 10.2 Å². The highest BCUT2D eigenvalue weighted by Crippen LogP contribution is 2.31. The van der Waals surface area contributed by atoms with E-state index in [1.165, 1.54) is 16.4 Å². The number of hydrogen-bond acceptors (Lipinski definition) is 4. The molecule has 1 atom stereocenters. The van der Waals surface area contributed by atoms with Crippen LogP contribution in [0, 0.1) is 12.7 Å². The lowest BCUT2D eigenvalue weighted by Gasteiger charge is -2.40. The topological polar surface area (TPSA) is 69.7 Å². The van der Waals surface area contributed by atoms with Crippen molar-refractivity contribution in [3.63, 3.8) is 0 Å². The molecule has 3 aromatic rings. The molecule has 0 radical (unpaired) electrons. The molecule has 0 aromatic heterocycles. The van der Waals surface area contributed by atoms with E-state index in [0.29, 0.717) is 6.54 Å². The highest BCUT2D eigenvalue weighted by atomic mass is 35.5. The predicted molar refractivity (Wildman–Crippen MR) is 138 cm³/mol. The summed E-state index contributed by atoms with van der Waals surface area (Å²) in [4.78, 5) is 14.8. The lowest BCUT2D eigenvalue weighted by Crippen LogP contribution is -2.53. The second-order valence-corrected chi connectivity index (χ2v) is 11.2. The predicted octanol–water partition coefficient (Wildman–Crippen LogP) is 5.59. The zero-order valence-electron chi connectivity index (χ0n) is 19.1. The molecule has 6 nitrogen and oxygen atoms in total. The maximum Gasteiger partial charge on any atom is 0.258 e. The van der Waals surface area contributed by atoms with Crippen molar-refractivity contribution < 1.29 is 17.6 Å². The van der Waals surface area contributed by atoms with Gasteiger partial charge in [0, 0.05) is 31.4 Å². The van der Waals surface area contributed by atoms with Crippen LogP contribution in [-0.4, -0.2) is 44.3 Å². The van der Waals surface area contributed by atoms with Gasteiger partial charge in [-0.3, -0.25) is 4.79 Å². The quantitative estimate of drug-likeness (QED) is 0.462. The van der Waals surface area contributed by atoms with E-state index < -0.39 is 27.3 Å². The molecule has 35 heavy (non-hydrogen) atoms. The van der Waals surface area contributed by atoms with Crippen molar-refractivity contribution in [2.75, 3.05) is 29.9 Å². The summed E-state index contributed by atoms with van der Waals surface area (Å²) in [6.07, 6.45) is 0. The Balaban J connectivity index is 1.55. The minimum absolute atomic E-state index is 0.0755. The third kappa shape index (κ3) is 5.30. The third-order valence-corrected chi connectivity index (χ3v) is 8.62. The molecule has 0 aliphatic carbocycles. The molecule has 1 N–H and O–H groups in total. The van der Waals surface area contributed by atoms with Crippen molar-refractivity contribution in [3.05, 3.63) is 87.7 Å².